The van der Waals surface area contributed by atoms with E-state index in [2.05, 4.69) is 11.9 Å². The number of hydrogen-bond donors (Lipinski definition) is 1. The summed E-state index contributed by atoms with van der Waals surface area (Å²) in [5.74, 6) is 0. The van der Waals surface area contributed by atoms with Crippen LogP contribution in [0.25, 0.3) is 0 Å². The molecule has 18 heavy (non-hydrogen) atoms. The number of benzene rings is 1. The lowest BCUT2D eigenvalue weighted by Crippen LogP contribution is -2.33. The van der Waals surface area contributed by atoms with Gasteiger partial charge in [-0.25, -0.2) is 0 Å². The van der Waals surface area contributed by atoms with Crippen LogP contribution in [0.4, 0.5) is 13.2 Å². The van der Waals surface area contributed by atoms with Crippen molar-refractivity contribution < 1.29 is 13.2 Å². The minimum absolute atomic E-state index is 0.0324. The Morgan fingerprint density at radius 2 is 1.89 bits per heavy atom. The predicted octanol–water partition coefficient (Wildman–Crippen LogP) is 4.23. The summed E-state index contributed by atoms with van der Waals surface area (Å²) < 4.78 is 37.7. The Hall–Kier alpha value is -1.29. The molecular formula is C14H18F3N. The second kappa shape index (κ2) is 6.59. The Labute approximate surface area is 106 Å². The highest BCUT2D eigenvalue weighted by molar-refractivity contribution is 5.19. The summed E-state index contributed by atoms with van der Waals surface area (Å²) in [5, 5.41) is 3.00. The van der Waals surface area contributed by atoms with Gasteiger partial charge in [-0.3, -0.25) is 0 Å². The highest BCUT2D eigenvalue weighted by atomic mass is 19.4. The number of rotatable bonds is 6. The molecule has 0 spiro atoms. The van der Waals surface area contributed by atoms with Crippen molar-refractivity contribution in [3.63, 3.8) is 0 Å². The number of hydrogen-bond acceptors (Lipinski definition) is 1. The fraction of sp³-hybridized carbons (Fsp3) is 0.429. The van der Waals surface area contributed by atoms with Crippen molar-refractivity contribution >= 4 is 0 Å². The van der Waals surface area contributed by atoms with Crippen LogP contribution in [-0.4, -0.2) is 12.2 Å². The molecule has 0 saturated heterocycles. The molecule has 1 aromatic carbocycles. The molecule has 1 N–H and O–H groups in total. The van der Waals surface area contributed by atoms with Gasteiger partial charge in [-0.1, -0.05) is 36.4 Å². The zero-order valence-electron chi connectivity index (χ0n) is 10.4. The summed E-state index contributed by atoms with van der Waals surface area (Å²) in [6.07, 6.45) is -2.70. The topological polar surface area (TPSA) is 12.0 Å². The molecule has 0 aliphatic heterocycles. The molecule has 2 atom stereocenters. The number of halogens is 3. The van der Waals surface area contributed by atoms with Crippen LogP contribution < -0.4 is 5.32 Å². The van der Waals surface area contributed by atoms with E-state index < -0.39 is 18.6 Å². The first-order valence-electron chi connectivity index (χ1n) is 5.91. The Balaban J connectivity index is 2.79. The van der Waals surface area contributed by atoms with E-state index in [1.165, 1.54) is 0 Å². The maximum absolute atomic E-state index is 12.6. The molecule has 2 unspecified atom stereocenters. The first kappa shape index (κ1) is 14.8. The van der Waals surface area contributed by atoms with Crippen LogP contribution in [-0.2, 0) is 0 Å². The quantitative estimate of drug-likeness (QED) is 0.752. The van der Waals surface area contributed by atoms with E-state index in [0.29, 0.717) is 12.0 Å². The van der Waals surface area contributed by atoms with E-state index >= 15 is 0 Å². The van der Waals surface area contributed by atoms with Crippen LogP contribution in [0.1, 0.15) is 31.4 Å². The molecule has 0 heterocycles. The van der Waals surface area contributed by atoms with Crippen LogP contribution >= 0.6 is 0 Å². The molecule has 0 bridgehead atoms. The van der Waals surface area contributed by atoms with E-state index in [4.69, 9.17) is 0 Å². The molecule has 0 amide bonds. The molecule has 0 aromatic heterocycles. The van der Waals surface area contributed by atoms with E-state index in [-0.39, 0.29) is 6.04 Å². The number of alkyl halides is 3. The van der Waals surface area contributed by atoms with E-state index in [1.54, 1.807) is 36.4 Å². The zero-order chi connectivity index (χ0) is 13.6. The van der Waals surface area contributed by atoms with E-state index in [9.17, 15) is 13.2 Å². The highest BCUT2D eigenvalue weighted by Crippen LogP contribution is 2.29. The smallest absolute Gasteiger partial charge is 0.307 e. The van der Waals surface area contributed by atoms with Crippen LogP contribution in [0.2, 0.25) is 0 Å². The maximum Gasteiger partial charge on any atom is 0.390 e. The lowest BCUT2D eigenvalue weighted by molar-refractivity contribution is -0.140. The molecule has 4 heteroatoms. The largest absolute Gasteiger partial charge is 0.390 e. The van der Waals surface area contributed by atoms with Gasteiger partial charge in [0.05, 0.1) is 6.42 Å². The third-order valence-corrected chi connectivity index (χ3v) is 2.64. The summed E-state index contributed by atoms with van der Waals surface area (Å²) in [4.78, 5) is 0. The molecule has 0 saturated carbocycles. The lowest BCUT2D eigenvalue weighted by atomic mass is 10.0. The predicted molar refractivity (Wildman–Crippen MR) is 67.3 cm³/mol. The Morgan fingerprint density at radius 1 is 1.28 bits per heavy atom. The maximum atomic E-state index is 12.6. The minimum atomic E-state index is -4.18. The van der Waals surface area contributed by atoms with Crippen LogP contribution in [0.3, 0.4) is 0 Å². The van der Waals surface area contributed by atoms with Gasteiger partial charge in [-0.15, -0.1) is 6.58 Å². The summed E-state index contributed by atoms with van der Waals surface area (Å²) in [7, 11) is 0. The summed E-state index contributed by atoms with van der Waals surface area (Å²) in [6.45, 7) is 5.45. The van der Waals surface area contributed by atoms with Gasteiger partial charge in [-0.05, 0) is 18.9 Å². The zero-order valence-corrected chi connectivity index (χ0v) is 10.4. The second-order valence-electron chi connectivity index (χ2n) is 4.37. The van der Waals surface area contributed by atoms with Crippen LogP contribution in [0.15, 0.2) is 43.0 Å². The molecular weight excluding hydrogens is 239 g/mol. The van der Waals surface area contributed by atoms with Crippen molar-refractivity contribution in [3.8, 4) is 0 Å². The molecule has 1 nitrogen and oxygen atoms in total. The third-order valence-electron chi connectivity index (χ3n) is 2.64. The average Bonchev–Trinajstić information content (AvgIpc) is 2.28. The average molecular weight is 257 g/mol. The molecule has 0 radical (unpaired) electrons. The van der Waals surface area contributed by atoms with Gasteiger partial charge in [0, 0.05) is 12.1 Å². The van der Waals surface area contributed by atoms with Gasteiger partial charge in [0.1, 0.15) is 0 Å². The van der Waals surface area contributed by atoms with Crippen LogP contribution in [0, 0.1) is 0 Å². The Bertz CT molecular complexity index is 359. The summed E-state index contributed by atoms with van der Waals surface area (Å²) >= 11 is 0. The van der Waals surface area contributed by atoms with Crippen molar-refractivity contribution in [1.29, 1.82) is 0 Å². The van der Waals surface area contributed by atoms with Gasteiger partial charge in [0.15, 0.2) is 0 Å². The normalized spacial score (nSPS) is 15.1. The monoisotopic (exact) mass is 257 g/mol. The van der Waals surface area contributed by atoms with Crippen molar-refractivity contribution in [3.05, 3.63) is 48.6 Å². The van der Waals surface area contributed by atoms with E-state index in [1.807, 2.05) is 6.92 Å². The fourth-order valence-electron chi connectivity index (χ4n) is 1.85. The lowest BCUT2D eigenvalue weighted by Gasteiger charge is -2.24. The van der Waals surface area contributed by atoms with Crippen molar-refractivity contribution in [1.82, 2.24) is 5.32 Å². The van der Waals surface area contributed by atoms with Crippen LogP contribution in [0.5, 0.6) is 0 Å². The first-order chi connectivity index (χ1) is 8.42. The fourth-order valence-corrected chi connectivity index (χ4v) is 1.85. The van der Waals surface area contributed by atoms with Crippen molar-refractivity contribution in [2.75, 3.05) is 0 Å². The molecule has 1 rings (SSSR count). The SMILES string of the molecule is C=CCC(C)NC(CC(F)(F)F)c1ccccc1. The van der Waals surface area contributed by atoms with Gasteiger partial charge < -0.3 is 5.32 Å². The summed E-state index contributed by atoms with van der Waals surface area (Å²) in [6, 6.07) is 7.98. The van der Waals surface area contributed by atoms with Gasteiger partial charge in [-0.2, -0.15) is 13.2 Å². The molecule has 0 aliphatic rings. The molecule has 100 valence electrons. The Morgan fingerprint density at radius 3 is 2.39 bits per heavy atom. The van der Waals surface area contributed by atoms with Gasteiger partial charge >= 0.3 is 6.18 Å². The van der Waals surface area contributed by atoms with E-state index in [0.717, 1.165) is 0 Å². The molecule has 1 aromatic rings. The second-order valence-corrected chi connectivity index (χ2v) is 4.37. The van der Waals surface area contributed by atoms with Crippen molar-refractivity contribution in [2.24, 2.45) is 0 Å². The molecule has 0 aliphatic carbocycles. The Kier molecular flexibility index (Phi) is 5.41. The van der Waals surface area contributed by atoms with Gasteiger partial charge in [0.25, 0.3) is 0 Å². The molecule has 0 fully saturated rings. The number of nitrogens with one attached hydrogen (secondary N) is 1. The third kappa shape index (κ3) is 5.36. The first-order valence-corrected chi connectivity index (χ1v) is 5.91. The van der Waals surface area contributed by atoms with Gasteiger partial charge in [0.2, 0.25) is 0 Å². The summed E-state index contributed by atoms with van der Waals surface area (Å²) in [5.41, 5.74) is 0.658. The standard InChI is InChI=1S/C14H18F3N/c1-3-7-11(2)18-13(10-14(15,16)17)12-8-5-4-6-9-12/h3-6,8-9,11,13,18H,1,7,10H2,2H3. The highest BCUT2D eigenvalue weighted by Gasteiger charge is 2.32. The minimum Gasteiger partial charge on any atom is -0.307 e. The van der Waals surface area contributed by atoms with Crippen molar-refractivity contribution in [2.45, 2.75) is 38.0 Å².